The van der Waals surface area contributed by atoms with Crippen molar-refractivity contribution in [3.8, 4) is 11.3 Å². The van der Waals surface area contributed by atoms with Gasteiger partial charge in [-0.1, -0.05) is 23.7 Å². The lowest BCUT2D eigenvalue weighted by Gasteiger charge is -2.34. The van der Waals surface area contributed by atoms with E-state index in [1.165, 1.54) is 15.8 Å². The van der Waals surface area contributed by atoms with Crippen LogP contribution in [-0.4, -0.2) is 93.4 Å². The molecule has 0 bridgehead atoms. The third-order valence-corrected chi connectivity index (χ3v) is 5.68. The molecule has 1 aliphatic heterocycles. The molecule has 0 unspecified atom stereocenters. The van der Waals surface area contributed by atoms with Crippen LogP contribution in [0.2, 0.25) is 5.02 Å². The summed E-state index contributed by atoms with van der Waals surface area (Å²) in [6.07, 6.45) is 4.82. The Bertz CT molecular complexity index is 1140. The Balaban J connectivity index is 1.27. The van der Waals surface area contributed by atoms with Gasteiger partial charge in [0.25, 0.3) is 0 Å². The van der Waals surface area contributed by atoms with Crippen molar-refractivity contribution in [2.75, 3.05) is 57.0 Å². The topological polar surface area (TPSA) is 112 Å². The van der Waals surface area contributed by atoms with Crippen LogP contribution in [0.4, 0.5) is 11.6 Å². The van der Waals surface area contributed by atoms with Gasteiger partial charge < -0.3 is 15.1 Å². The number of benzene rings is 1. The average molecular weight is 484 g/mol. The van der Waals surface area contributed by atoms with E-state index < -0.39 is 0 Å². The second kappa shape index (κ2) is 10.6. The number of hydrogen-bond donors (Lipinski definition) is 1. The van der Waals surface area contributed by atoms with Crippen LogP contribution in [0.5, 0.6) is 0 Å². The number of carbonyl (C=O) groups excluding carboxylic acids is 2. The molecule has 1 aromatic carbocycles. The minimum Gasteiger partial charge on any atom is -0.347 e. The van der Waals surface area contributed by atoms with E-state index in [-0.39, 0.29) is 24.9 Å². The average Bonchev–Trinajstić information content (AvgIpc) is 3.26. The highest BCUT2D eigenvalue weighted by atomic mass is 35.5. The number of nitrogens with one attached hydrogen (secondary N) is 1. The van der Waals surface area contributed by atoms with E-state index in [1.807, 2.05) is 24.3 Å². The van der Waals surface area contributed by atoms with E-state index in [0.29, 0.717) is 42.8 Å². The van der Waals surface area contributed by atoms with Crippen LogP contribution in [0.15, 0.2) is 42.9 Å². The fourth-order valence-corrected chi connectivity index (χ4v) is 3.62. The van der Waals surface area contributed by atoms with Crippen molar-refractivity contribution < 1.29 is 9.59 Å². The number of anilines is 2. The van der Waals surface area contributed by atoms with E-state index in [1.54, 1.807) is 26.5 Å². The summed E-state index contributed by atoms with van der Waals surface area (Å²) in [5.74, 6) is 0.363. The molecule has 1 N–H and O–H groups in total. The molecule has 2 aromatic heterocycles. The Morgan fingerprint density at radius 2 is 1.79 bits per heavy atom. The molecule has 4 rings (SSSR count). The molecular weight excluding hydrogens is 458 g/mol. The SMILES string of the molecule is CN(C)C(=O)Cn1cc(NC(=O)CN2CCN(c3nncc(-c4ccc(Cl)cc4)n3)CC2)cn1. The predicted molar refractivity (Wildman–Crippen MR) is 128 cm³/mol. The Kier molecular flexibility index (Phi) is 7.33. The van der Waals surface area contributed by atoms with Gasteiger partial charge >= 0.3 is 0 Å². The minimum absolute atomic E-state index is 0.0725. The van der Waals surface area contributed by atoms with Crippen LogP contribution < -0.4 is 10.2 Å². The number of hydrogen-bond acceptors (Lipinski definition) is 8. The van der Waals surface area contributed by atoms with Crippen LogP contribution in [0.25, 0.3) is 11.3 Å². The van der Waals surface area contributed by atoms with Gasteiger partial charge in [-0.25, -0.2) is 4.98 Å². The van der Waals surface area contributed by atoms with E-state index in [9.17, 15) is 9.59 Å². The van der Waals surface area contributed by atoms with Gasteiger partial charge in [0.15, 0.2) is 0 Å². The largest absolute Gasteiger partial charge is 0.347 e. The van der Waals surface area contributed by atoms with E-state index in [4.69, 9.17) is 11.6 Å². The van der Waals surface area contributed by atoms with E-state index in [2.05, 4.69) is 35.4 Å². The van der Waals surface area contributed by atoms with Gasteiger partial charge in [0, 0.05) is 57.1 Å². The van der Waals surface area contributed by atoms with Gasteiger partial charge in [0.1, 0.15) is 6.54 Å². The molecule has 178 valence electrons. The van der Waals surface area contributed by atoms with E-state index in [0.717, 1.165) is 11.3 Å². The second-order valence-corrected chi connectivity index (χ2v) is 8.61. The summed E-state index contributed by atoms with van der Waals surface area (Å²) < 4.78 is 1.50. The molecule has 2 amide bonds. The number of halogens is 1. The lowest BCUT2D eigenvalue weighted by Crippen LogP contribution is -2.49. The number of rotatable bonds is 7. The zero-order valence-electron chi connectivity index (χ0n) is 19.1. The predicted octanol–water partition coefficient (Wildman–Crippen LogP) is 1.24. The highest BCUT2D eigenvalue weighted by Crippen LogP contribution is 2.21. The van der Waals surface area contributed by atoms with Crippen molar-refractivity contribution in [3.63, 3.8) is 0 Å². The Morgan fingerprint density at radius 3 is 2.50 bits per heavy atom. The first-order valence-corrected chi connectivity index (χ1v) is 11.2. The molecule has 1 fully saturated rings. The highest BCUT2D eigenvalue weighted by Gasteiger charge is 2.21. The molecule has 0 aliphatic carbocycles. The summed E-state index contributed by atoms with van der Waals surface area (Å²) in [7, 11) is 3.38. The maximum atomic E-state index is 12.5. The number of piperazine rings is 1. The molecule has 0 atom stereocenters. The van der Waals surface area contributed by atoms with Crippen LogP contribution in [0, 0.1) is 0 Å². The van der Waals surface area contributed by atoms with Crippen LogP contribution in [-0.2, 0) is 16.1 Å². The maximum absolute atomic E-state index is 12.5. The van der Waals surface area contributed by atoms with Crippen molar-refractivity contribution in [2.45, 2.75) is 6.54 Å². The van der Waals surface area contributed by atoms with Gasteiger partial charge in [-0.3, -0.25) is 19.2 Å². The molecule has 3 heterocycles. The van der Waals surface area contributed by atoms with Gasteiger partial charge in [0.05, 0.1) is 30.3 Å². The zero-order valence-corrected chi connectivity index (χ0v) is 19.8. The standard InChI is InChI=1S/C22H26ClN9O2/c1-29(2)21(34)15-32-13-18(11-25-32)26-20(33)14-30-7-9-31(10-8-30)22-27-19(12-24-28-22)16-3-5-17(23)6-4-16/h3-6,11-13H,7-10,14-15H2,1-2H3,(H,26,33). The number of likely N-dealkylation sites (N-methyl/N-ethyl adjacent to an activating group) is 1. The van der Waals surface area contributed by atoms with Gasteiger partial charge in [-0.2, -0.15) is 10.2 Å². The van der Waals surface area contributed by atoms with Crippen molar-refractivity contribution in [2.24, 2.45) is 0 Å². The smallest absolute Gasteiger partial charge is 0.245 e. The molecule has 34 heavy (non-hydrogen) atoms. The molecule has 11 nitrogen and oxygen atoms in total. The number of amides is 2. The second-order valence-electron chi connectivity index (χ2n) is 8.17. The molecule has 1 saturated heterocycles. The maximum Gasteiger partial charge on any atom is 0.245 e. The van der Waals surface area contributed by atoms with Gasteiger partial charge in [0.2, 0.25) is 17.8 Å². The van der Waals surface area contributed by atoms with Gasteiger partial charge in [-0.15, -0.1) is 5.10 Å². The number of nitrogens with zero attached hydrogens (tertiary/aromatic N) is 8. The Hall–Kier alpha value is -3.57. The number of carbonyl (C=O) groups is 2. The summed E-state index contributed by atoms with van der Waals surface area (Å²) in [5.41, 5.74) is 2.22. The summed E-state index contributed by atoms with van der Waals surface area (Å²) >= 11 is 5.97. The van der Waals surface area contributed by atoms with Crippen LogP contribution in [0.1, 0.15) is 0 Å². The number of aromatic nitrogens is 5. The first kappa shape index (κ1) is 23.6. The zero-order chi connectivity index (χ0) is 24.1. The fourth-order valence-electron chi connectivity index (χ4n) is 3.49. The molecule has 12 heteroatoms. The van der Waals surface area contributed by atoms with Crippen LogP contribution >= 0.6 is 11.6 Å². The molecule has 1 aliphatic rings. The first-order valence-electron chi connectivity index (χ1n) is 10.8. The molecule has 0 radical (unpaired) electrons. The first-order chi connectivity index (χ1) is 16.4. The quantitative estimate of drug-likeness (QED) is 0.534. The van der Waals surface area contributed by atoms with Crippen molar-refractivity contribution in [1.29, 1.82) is 0 Å². The highest BCUT2D eigenvalue weighted by molar-refractivity contribution is 6.30. The van der Waals surface area contributed by atoms with Crippen molar-refractivity contribution >= 4 is 35.1 Å². The fraction of sp³-hybridized carbons (Fsp3) is 0.364. The Morgan fingerprint density at radius 1 is 1.06 bits per heavy atom. The summed E-state index contributed by atoms with van der Waals surface area (Å²) in [4.78, 5) is 34.5. The minimum atomic E-state index is -0.130. The lowest BCUT2D eigenvalue weighted by molar-refractivity contribution is -0.129. The molecular formula is C22H26ClN9O2. The van der Waals surface area contributed by atoms with E-state index >= 15 is 0 Å². The van der Waals surface area contributed by atoms with Crippen molar-refractivity contribution in [3.05, 3.63) is 47.9 Å². The monoisotopic (exact) mass is 483 g/mol. The normalized spacial score (nSPS) is 14.1. The van der Waals surface area contributed by atoms with Crippen molar-refractivity contribution in [1.82, 2.24) is 34.8 Å². The molecule has 3 aromatic rings. The molecule has 0 saturated carbocycles. The third-order valence-electron chi connectivity index (χ3n) is 5.42. The van der Waals surface area contributed by atoms with Gasteiger partial charge in [-0.05, 0) is 12.1 Å². The van der Waals surface area contributed by atoms with Crippen LogP contribution in [0.3, 0.4) is 0 Å². The molecule has 0 spiro atoms. The summed E-state index contributed by atoms with van der Waals surface area (Å²) in [6, 6.07) is 7.43. The summed E-state index contributed by atoms with van der Waals surface area (Å²) in [6.45, 7) is 3.14. The lowest BCUT2D eigenvalue weighted by atomic mass is 10.2. The Labute approximate surface area is 202 Å². The third kappa shape index (κ3) is 6.06. The summed E-state index contributed by atoms with van der Waals surface area (Å²) in [5, 5.41) is 15.9.